The Labute approximate surface area is 177 Å². The van der Waals surface area contributed by atoms with Crippen molar-refractivity contribution in [3.8, 4) is 0 Å². The Hall–Kier alpha value is -3.32. The van der Waals surface area contributed by atoms with Crippen LogP contribution in [0.5, 0.6) is 0 Å². The molecule has 0 spiro atoms. The summed E-state index contributed by atoms with van der Waals surface area (Å²) in [5.74, 6) is -0.0786. The van der Waals surface area contributed by atoms with Crippen LogP contribution in [0.4, 0.5) is 5.69 Å². The Bertz CT molecular complexity index is 1290. The maximum Gasteiger partial charge on any atom is 0.278 e. The van der Waals surface area contributed by atoms with Crippen molar-refractivity contribution in [2.75, 3.05) is 31.1 Å². The molecule has 0 radical (unpaired) electrons. The number of aromatic nitrogens is 3. The first-order chi connectivity index (χ1) is 14.6. The topological polar surface area (TPSA) is 74.2 Å². The number of aromatic amines is 1. The molecule has 30 heavy (non-hydrogen) atoms. The van der Waals surface area contributed by atoms with E-state index in [0.717, 1.165) is 29.7 Å². The SMILES string of the molecule is O=C(Cn1cnc2c([nH]c3ccccc32)c1=O)N1CCN(c2ccc(Cl)cc2)CC1. The first-order valence-electron chi connectivity index (χ1n) is 9.84. The van der Waals surface area contributed by atoms with E-state index in [1.54, 1.807) is 4.90 Å². The maximum absolute atomic E-state index is 12.9. The largest absolute Gasteiger partial charge is 0.368 e. The van der Waals surface area contributed by atoms with Gasteiger partial charge in [0.05, 0.1) is 6.33 Å². The smallest absolute Gasteiger partial charge is 0.278 e. The molecule has 8 heteroatoms. The van der Waals surface area contributed by atoms with Crippen LogP contribution in [-0.4, -0.2) is 51.5 Å². The molecule has 0 aliphatic carbocycles. The average molecular weight is 422 g/mol. The van der Waals surface area contributed by atoms with Crippen LogP contribution < -0.4 is 10.5 Å². The summed E-state index contributed by atoms with van der Waals surface area (Å²) in [6, 6.07) is 15.4. The minimum absolute atomic E-state index is 0.0158. The van der Waals surface area contributed by atoms with E-state index >= 15 is 0 Å². The third kappa shape index (κ3) is 3.31. The van der Waals surface area contributed by atoms with Crippen LogP contribution in [0, 0.1) is 0 Å². The number of hydrogen-bond acceptors (Lipinski definition) is 4. The fourth-order valence-electron chi connectivity index (χ4n) is 3.96. The molecule has 1 amide bonds. The Balaban J connectivity index is 1.30. The van der Waals surface area contributed by atoms with Crippen LogP contribution in [0.15, 0.2) is 59.7 Å². The van der Waals surface area contributed by atoms with Crippen LogP contribution >= 0.6 is 11.6 Å². The lowest BCUT2D eigenvalue weighted by Crippen LogP contribution is -2.50. The quantitative estimate of drug-likeness (QED) is 0.552. The summed E-state index contributed by atoms with van der Waals surface area (Å²) >= 11 is 5.96. The molecule has 1 N–H and O–H groups in total. The predicted octanol–water partition coefficient (Wildman–Crippen LogP) is 2.88. The molecule has 1 fully saturated rings. The van der Waals surface area contributed by atoms with Gasteiger partial charge in [-0.2, -0.15) is 0 Å². The Morgan fingerprint density at radius 3 is 2.53 bits per heavy atom. The number of amides is 1. The van der Waals surface area contributed by atoms with Gasteiger partial charge in [0, 0.05) is 47.8 Å². The molecular formula is C22H20ClN5O2. The van der Waals surface area contributed by atoms with Gasteiger partial charge in [-0.25, -0.2) is 4.98 Å². The van der Waals surface area contributed by atoms with Crippen LogP contribution in [0.25, 0.3) is 21.9 Å². The minimum Gasteiger partial charge on any atom is -0.368 e. The molecule has 4 aromatic rings. The zero-order chi connectivity index (χ0) is 20.7. The second-order valence-electron chi connectivity index (χ2n) is 7.42. The molecule has 0 unspecified atom stereocenters. The predicted molar refractivity (Wildman–Crippen MR) is 118 cm³/mol. The maximum atomic E-state index is 12.9. The van der Waals surface area contributed by atoms with Crippen molar-refractivity contribution in [3.63, 3.8) is 0 Å². The molecular weight excluding hydrogens is 402 g/mol. The van der Waals surface area contributed by atoms with E-state index in [4.69, 9.17) is 11.6 Å². The van der Waals surface area contributed by atoms with Gasteiger partial charge >= 0.3 is 0 Å². The number of nitrogens with zero attached hydrogens (tertiary/aromatic N) is 4. The van der Waals surface area contributed by atoms with Crippen molar-refractivity contribution >= 4 is 45.1 Å². The van der Waals surface area contributed by atoms with Crippen molar-refractivity contribution in [1.82, 2.24) is 19.4 Å². The van der Waals surface area contributed by atoms with Gasteiger partial charge in [-0.05, 0) is 30.3 Å². The first-order valence-corrected chi connectivity index (χ1v) is 10.2. The molecule has 0 atom stereocenters. The van der Waals surface area contributed by atoms with Gasteiger partial charge in [-0.15, -0.1) is 0 Å². The molecule has 2 aromatic heterocycles. The Morgan fingerprint density at radius 1 is 1.03 bits per heavy atom. The number of para-hydroxylation sites is 1. The van der Waals surface area contributed by atoms with E-state index in [-0.39, 0.29) is 18.0 Å². The number of H-pyrrole nitrogens is 1. The summed E-state index contributed by atoms with van der Waals surface area (Å²) in [5, 5.41) is 1.61. The number of nitrogens with one attached hydrogen (secondary N) is 1. The highest BCUT2D eigenvalue weighted by molar-refractivity contribution is 6.30. The highest BCUT2D eigenvalue weighted by Gasteiger charge is 2.22. The lowest BCUT2D eigenvalue weighted by atomic mass is 10.2. The van der Waals surface area contributed by atoms with Gasteiger partial charge in [-0.3, -0.25) is 14.2 Å². The number of carbonyl (C=O) groups is 1. The molecule has 1 aliphatic heterocycles. The molecule has 7 nitrogen and oxygen atoms in total. The van der Waals surface area contributed by atoms with Crippen molar-refractivity contribution in [2.24, 2.45) is 0 Å². The summed E-state index contributed by atoms with van der Waals surface area (Å²) < 4.78 is 1.38. The van der Waals surface area contributed by atoms with Crippen LogP contribution in [0.2, 0.25) is 5.02 Å². The number of carbonyl (C=O) groups excluding carboxylic acids is 1. The normalized spacial score (nSPS) is 14.6. The van der Waals surface area contributed by atoms with Gasteiger partial charge < -0.3 is 14.8 Å². The molecule has 0 saturated carbocycles. The third-order valence-corrected chi connectivity index (χ3v) is 5.86. The van der Waals surface area contributed by atoms with Gasteiger partial charge in [-0.1, -0.05) is 29.8 Å². The van der Waals surface area contributed by atoms with E-state index in [1.165, 1.54) is 10.9 Å². The van der Waals surface area contributed by atoms with Crippen molar-refractivity contribution in [3.05, 3.63) is 70.2 Å². The standard InChI is InChI=1S/C22H20ClN5O2/c23-15-5-7-16(8-6-15)26-9-11-27(12-10-26)19(29)13-28-14-24-20-17-3-1-2-4-18(17)25-21(20)22(28)30/h1-8,14,25H,9-13H2. The summed E-state index contributed by atoms with van der Waals surface area (Å²) in [4.78, 5) is 37.3. The second-order valence-corrected chi connectivity index (χ2v) is 7.85. The molecule has 3 heterocycles. The fraction of sp³-hybridized carbons (Fsp3) is 0.227. The minimum atomic E-state index is -0.232. The second kappa shape index (κ2) is 7.50. The number of benzene rings is 2. The third-order valence-electron chi connectivity index (χ3n) is 5.61. The highest BCUT2D eigenvalue weighted by atomic mass is 35.5. The monoisotopic (exact) mass is 421 g/mol. The van der Waals surface area contributed by atoms with Crippen LogP contribution in [-0.2, 0) is 11.3 Å². The number of hydrogen-bond donors (Lipinski definition) is 1. The summed E-state index contributed by atoms with van der Waals surface area (Å²) in [7, 11) is 0. The van der Waals surface area contributed by atoms with E-state index in [1.807, 2.05) is 48.5 Å². The van der Waals surface area contributed by atoms with Crippen LogP contribution in [0.1, 0.15) is 0 Å². The number of anilines is 1. The highest BCUT2D eigenvalue weighted by Crippen LogP contribution is 2.21. The molecule has 1 saturated heterocycles. The number of piperazine rings is 1. The summed E-state index contributed by atoms with van der Waals surface area (Å²) in [6.07, 6.45) is 1.47. The van der Waals surface area contributed by atoms with E-state index in [0.29, 0.717) is 29.1 Å². The zero-order valence-electron chi connectivity index (χ0n) is 16.2. The number of rotatable bonds is 3. The lowest BCUT2D eigenvalue weighted by molar-refractivity contribution is -0.132. The molecule has 1 aliphatic rings. The Kier molecular flexibility index (Phi) is 4.67. The molecule has 152 valence electrons. The number of fused-ring (bicyclic) bond motifs is 3. The fourth-order valence-corrected chi connectivity index (χ4v) is 4.09. The van der Waals surface area contributed by atoms with Gasteiger partial charge in [0.1, 0.15) is 17.6 Å². The van der Waals surface area contributed by atoms with Crippen molar-refractivity contribution < 1.29 is 4.79 Å². The summed E-state index contributed by atoms with van der Waals surface area (Å²) in [6.45, 7) is 2.68. The van der Waals surface area contributed by atoms with Crippen molar-refractivity contribution in [2.45, 2.75) is 6.54 Å². The van der Waals surface area contributed by atoms with Gasteiger partial charge in [0.15, 0.2) is 0 Å². The van der Waals surface area contributed by atoms with Crippen molar-refractivity contribution in [1.29, 1.82) is 0 Å². The molecule has 0 bridgehead atoms. The van der Waals surface area contributed by atoms with Gasteiger partial charge in [0.25, 0.3) is 5.56 Å². The lowest BCUT2D eigenvalue weighted by Gasteiger charge is -2.36. The Morgan fingerprint density at radius 2 is 1.77 bits per heavy atom. The van der Waals surface area contributed by atoms with E-state index in [9.17, 15) is 9.59 Å². The molecule has 2 aromatic carbocycles. The van der Waals surface area contributed by atoms with Crippen LogP contribution in [0.3, 0.4) is 0 Å². The van der Waals surface area contributed by atoms with Gasteiger partial charge in [0.2, 0.25) is 5.91 Å². The van der Waals surface area contributed by atoms with E-state index < -0.39 is 0 Å². The average Bonchev–Trinajstić information content (AvgIpc) is 3.16. The first kappa shape index (κ1) is 18.7. The summed E-state index contributed by atoms with van der Waals surface area (Å²) in [5.41, 5.74) is 2.79. The van der Waals surface area contributed by atoms with E-state index in [2.05, 4.69) is 14.9 Å². The number of halogens is 1. The zero-order valence-corrected chi connectivity index (χ0v) is 17.0. The molecule has 5 rings (SSSR count).